The van der Waals surface area contributed by atoms with E-state index in [4.69, 9.17) is 27.9 Å². The molecular weight excluding hydrogens is 277 g/mol. The average Bonchev–Trinajstić information content (AvgIpc) is 2.29. The van der Waals surface area contributed by atoms with Gasteiger partial charge in [0.1, 0.15) is 5.75 Å². The predicted octanol–water partition coefficient (Wildman–Crippen LogP) is 3.84. The van der Waals surface area contributed by atoms with Crippen molar-refractivity contribution in [2.24, 2.45) is 0 Å². The van der Waals surface area contributed by atoms with Gasteiger partial charge in [-0.1, -0.05) is 30.1 Å². The summed E-state index contributed by atoms with van der Waals surface area (Å²) in [6.07, 6.45) is 2.05. The van der Waals surface area contributed by atoms with Gasteiger partial charge in [-0.15, -0.1) is 0 Å². The van der Waals surface area contributed by atoms with Crippen molar-refractivity contribution in [1.29, 1.82) is 0 Å². The Bertz CT molecular complexity index is 361. The van der Waals surface area contributed by atoms with E-state index in [0.717, 1.165) is 23.6 Å². The van der Waals surface area contributed by atoms with Crippen LogP contribution >= 0.6 is 35.0 Å². The van der Waals surface area contributed by atoms with Gasteiger partial charge in [0.25, 0.3) is 0 Å². The first-order chi connectivity index (χ1) is 8.19. The summed E-state index contributed by atoms with van der Waals surface area (Å²) in [6.45, 7) is 4.32. The second-order valence-corrected chi connectivity index (χ2v) is 5.33. The molecule has 0 amide bonds. The van der Waals surface area contributed by atoms with Crippen LogP contribution in [0.15, 0.2) is 12.1 Å². The summed E-state index contributed by atoms with van der Waals surface area (Å²) < 4.78 is 5.71. The molecule has 0 aromatic heterocycles. The van der Waals surface area contributed by atoms with E-state index in [1.165, 1.54) is 0 Å². The molecule has 96 valence electrons. The molecule has 0 aliphatic heterocycles. The molecule has 2 nitrogen and oxygen atoms in total. The van der Waals surface area contributed by atoms with Crippen molar-refractivity contribution >= 4 is 35.0 Å². The van der Waals surface area contributed by atoms with Crippen LogP contribution in [0.5, 0.6) is 5.75 Å². The standard InChI is InChI=1S/C12H17Cl2NOS/c1-3-15-8-9-6-10(13)7-11(14)12(9)16-4-5-17-2/h6-7,15H,3-5,8H2,1-2H3. The van der Waals surface area contributed by atoms with Crippen LogP contribution in [0.4, 0.5) is 0 Å². The van der Waals surface area contributed by atoms with E-state index < -0.39 is 0 Å². The van der Waals surface area contributed by atoms with Gasteiger partial charge in [-0.25, -0.2) is 0 Å². The maximum Gasteiger partial charge on any atom is 0.142 e. The highest BCUT2D eigenvalue weighted by Crippen LogP contribution is 2.32. The number of hydrogen-bond acceptors (Lipinski definition) is 3. The van der Waals surface area contributed by atoms with Crippen LogP contribution in [0, 0.1) is 0 Å². The van der Waals surface area contributed by atoms with E-state index in [2.05, 4.69) is 12.2 Å². The molecule has 0 fully saturated rings. The Hall–Kier alpha value is -0.0900. The van der Waals surface area contributed by atoms with Crippen molar-refractivity contribution in [2.45, 2.75) is 13.5 Å². The SMILES string of the molecule is CCNCc1cc(Cl)cc(Cl)c1OCCSC. The van der Waals surface area contributed by atoms with Crippen LogP contribution in [-0.2, 0) is 6.54 Å². The summed E-state index contributed by atoms with van der Waals surface area (Å²) in [5.41, 5.74) is 1.01. The van der Waals surface area contributed by atoms with Gasteiger partial charge < -0.3 is 10.1 Å². The van der Waals surface area contributed by atoms with Gasteiger partial charge in [0.2, 0.25) is 0 Å². The second-order valence-electron chi connectivity index (χ2n) is 3.50. The molecule has 1 rings (SSSR count). The Morgan fingerprint density at radius 2 is 2.12 bits per heavy atom. The fourth-order valence-corrected chi connectivity index (χ4v) is 2.23. The quantitative estimate of drug-likeness (QED) is 0.772. The molecule has 5 heteroatoms. The summed E-state index contributed by atoms with van der Waals surface area (Å²) in [7, 11) is 0. The number of halogens is 2. The van der Waals surface area contributed by atoms with Gasteiger partial charge in [0.15, 0.2) is 0 Å². The van der Waals surface area contributed by atoms with E-state index >= 15 is 0 Å². The zero-order chi connectivity index (χ0) is 12.7. The number of rotatable bonds is 7. The van der Waals surface area contributed by atoms with Crippen molar-refractivity contribution < 1.29 is 4.74 Å². The third-order valence-electron chi connectivity index (χ3n) is 2.18. The molecule has 0 heterocycles. The highest BCUT2D eigenvalue weighted by Gasteiger charge is 2.10. The van der Waals surface area contributed by atoms with Gasteiger partial charge in [0, 0.05) is 22.9 Å². The number of benzene rings is 1. The van der Waals surface area contributed by atoms with Crippen LogP contribution in [0.25, 0.3) is 0 Å². The third kappa shape index (κ3) is 4.96. The molecule has 0 aliphatic carbocycles. The van der Waals surface area contributed by atoms with Gasteiger partial charge >= 0.3 is 0 Å². The third-order valence-corrected chi connectivity index (χ3v) is 3.26. The predicted molar refractivity (Wildman–Crippen MR) is 77.7 cm³/mol. The van der Waals surface area contributed by atoms with Crippen molar-refractivity contribution in [3.8, 4) is 5.75 Å². The lowest BCUT2D eigenvalue weighted by Gasteiger charge is -2.13. The van der Waals surface area contributed by atoms with Crippen molar-refractivity contribution in [3.05, 3.63) is 27.7 Å². The highest BCUT2D eigenvalue weighted by atomic mass is 35.5. The number of nitrogens with one attached hydrogen (secondary N) is 1. The van der Waals surface area contributed by atoms with Gasteiger partial charge in [-0.05, 0) is 24.9 Å². The normalized spacial score (nSPS) is 10.6. The minimum Gasteiger partial charge on any atom is -0.491 e. The van der Waals surface area contributed by atoms with Crippen molar-refractivity contribution in [1.82, 2.24) is 5.32 Å². The average molecular weight is 294 g/mol. The topological polar surface area (TPSA) is 21.3 Å². The smallest absolute Gasteiger partial charge is 0.142 e. The largest absolute Gasteiger partial charge is 0.491 e. The van der Waals surface area contributed by atoms with E-state index in [-0.39, 0.29) is 0 Å². The van der Waals surface area contributed by atoms with Crippen LogP contribution in [0.3, 0.4) is 0 Å². The lowest BCUT2D eigenvalue weighted by atomic mass is 10.2. The minimum absolute atomic E-state index is 0.575. The second kappa shape index (κ2) is 8.09. The summed E-state index contributed by atoms with van der Waals surface area (Å²) in [4.78, 5) is 0. The molecule has 0 saturated heterocycles. The first-order valence-corrected chi connectivity index (χ1v) is 7.64. The molecule has 0 atom stereocenters. The lowest BCUT2D eigenvalue weighted by molar-refractivity contribution is 0.339. The first-order valence-electron chi connectivity index (χ1n) is 5.49. The number of hydrogen-bond donors (Lipinski definition) is 1. The number of thioether (sulfide) groups is 1. The molecule has 1 N–H and O–H groups in total. The molecular formula is C12H17Cl2NOS. The zero-order valence-corrected chi connectivity index (χ0v) is 12.4. The van der Waals surface area contributed by atoms with E-state index in [1.807, 2.05) is 12.3 Å². The molecule has 0 unspecified atom stereocenters. The Morgan fingerprint density at radius 1 is 1.35 bits per heavy atom. The summed E-state index contributed by atoms with van der Waals surface area (Å²) in [5.74, 6) is 1.69. The molecule has 0 bridgehead atoms. The summed E-state index contributed by atoms with van der Waals surface area (Å²) >= 11 is 13.9. The van der Waals surface area contributed by atoms with E-state index in [9.17, 15) is 0 Å². The lowest BCUT2D eigenvalue weighted by Crippen LogP contribution is -2.13. The van der Waals surface area contributed by atoms with Crippen LogP contribution in [-0.4, -0.2) is 25.2 Å². The first kappa shape index (κ1) is 15.0. The Kier molecular flexibility index (Phi) is 7.12. The fourth-order valence-electron chi connectivity index (χ4n) is 1.39. The molecule has 0 radical (unpaired) electrons. The van der Waals surface area contributed by atoms with Crippen LogP contribution in [0.1, 0.15) is 12.5 Å². The highest BCUT2D eigenvalue weighted by molar-refractivity contribution is 7.98. The summed E-state index contributed by atoms with van der Waals surface area (Å²) in [5, 5.41) is 4.46. The summed E-state index contributed by atoms with van der Waals surface area (Å²) in [6, 6.07) is 3.61. The Morgan fingerprint density at radius 3 is 2.76 bits per heavy atom. The maximum absolute atomic E-state index is 6.15. The van der Waals surface area contributed by atoms with Crippen LogP contribution < -0.4 is 10.1 Å². The van der Waals surface area contributed by atoms with Crippen LogP contribution in [0.2, 0.25) is 10.0 Å². The minimum atomic E-state index is 0.575. The maximum atomic E-state index is 6.15. The van der Waals surface area contributed by atoms with E-state index in [0.29, 0.717) is 23.2 Å². The fraction of sp³-hybridized carbons (Fsp3) is 0.500. The van der Waals surface area contributed by atoms with Gasteiger partial charge in [-0.3, -0.25) is 0 Å². The molecule has 1 aromatic rings. The van der Waals surface area contributed by atoms with Gasteiger partial charge in [0.05, 0.1) is 11.6 Å². The molecule has 17 heavy (non-hydrogen) atoms. The monoisotopic (exact) mass is 293 g/mol. The molecule has 0 aliphatic rings. The van der Waals surface area contributed by atoms with Gasteiger partial charge in [-0.2, -0.15) is 11.8 Å². The molecule has 0 saturated carbocycles. The van der Waals surface area contributed by atoms with Crippen molar-refractivity contribution in [3.63, 3.8) is 0 Å². The van der Waals surface area contributed by atoms with E-state index in [1.54, 1.807) is 17.8 Å². The number of ether oxygens (including phenoxy) is 1. The molecule has 1 aromatic carbocycles. The Balaban J connectivity index is 2.82. The Labute approximate surface area is 117 Å². The van der Waals surface area contributed by atoms with Crippen molar-refractivity contribution in [2.75, 3.05) is 25.2 Å². The zero-order valence-electron chi connectivity index (χ0n) is 10.1. The molecule has 0 spiro atoms.